The zero-order chi connectivity index (χ0) is 15.6. The molecular weight excluding hydrogens is 293 g/mol. The fourth-order valence-electron chi connectivity index (χ4n) is 2.59. The normalized spacial score (nSPS) is 18.3. The molecule has 118 valence electrons. The molecule has 0 saturated carbocycles. The molecule has 2 N–H and O–H groups in total. The van der Waals surface area contributed by atoms with Crippen LogP contribution in [-0.4, -0.2) is 50.8 Å². The summed E-state index contributed by atoms with van der Waals surface area (Å²) in [7, 11) is 0.00720. The monoisotopic (exact) mass is 315 g/mol. The highest BCUT2D eigenvalue weighted by molar-refractivity contribution is 7.89. The average Bonchev–Trinajstić information content (AvgIpc) is 2.47. The summed E-state index contributed by atoms with van der Waals surface area (Å²) in [6.07, 6.45) is 1.61. The van der Waals surface area contributed by atoms with Gasteiger partial charge in [0.05, 0.1) is 4.90 Å². The van der Waals surface area contributed by atoms with Crippen molar-refractivity contribution in [1.29, 1.82) is 0 Å². The number of sulfonamides is 1. The van der Waals surface area contributed by atoms with E-state index >= 15 is 0 Å². The molecule has 0 spiro atoms. The van der Waals surface area contributed by atoms with Gasteiger partial charge in [0.15, 0.2) is 0 Å². The minimum Gasteiger partial charge on any atom is -0.326 e. The van der Waals surface area contributed by atoms with E-state index in [2.05, 4.69) is 4.90 Å². The summed E-state index contributed by atoms with van der Waals surface area (Å²) in [4.78, 5) is 2.28. The lowest BCUT2D eigenvalue weighted by atomic mass is 10.1. The van der Waals surface area contributed by atoms with Crippen LogP contribution in [0.2, 0.25) is 0 Å². The van der Waals surface area contributed by atoms with Crippen LogP contribution in [-0.2, 0) is 16.6 Å². The topological polar surface area (TPSA) is 66.6 Å². The van der Waals surface area contributed by atoms with Crippen molar-refractivity contribution in [3.63, 3.8) is 0 Å². The highest BCUT2D eigenvalue weighted by Crippen LogP contribution is 2.23. The van der Waals surface area contributed by atoms with Crippen LogP contribution in [0.25, 0.3) is 0 Å². The molecular formula is C14H22FN3O2S. The van der Waals surface area contributed by atoms with Gasteiger partial charge in [-0.3, -0.25) is 0 Å². The fourth-order valence-corrected chi connectivity index (χ4v) is 4.06. The Bertz CT molecular complexity index is 598. The third kappa shape index (κ3) is 3.42. The van der Waals surface area contributed by atoms with Gasteiger partial charge in [-0.15, -0.1) is 0 Å². The van der Waals surface area contributed by atoms with E-state index in [1.165, 1.54) is 16.4 Å². The predicted molar refractivity (Wildman–Crippen MR) is 79.8 cm³/mol. The quantitative estimate of drug-likeness (QED) is 0.900. The number of piperidine rings is 1. The Kier molecular flexibility index (Phi) is 4.98. The van der Waals surface area contributed by atoms with Crippen molar-refractivity contribution in [2.75, 3.05) is 27.2 Å². The summed E-state index contributed by atoms with van der Waals surface area (Å²) in [5.74, 6) is -0.474. The van der Waals surface area contributed by atoms with Gasteiger partial charge in [-0.05, 0) is 51.2 Å². The average molecular weight is 315 g/mol. The fraction of sp³-hybridized carbons (Fsp3) is 0.571. The van der Waals surface area contributed by atoms with Crippen molar-refractivity contribution in [2.45, 2.75) is 30.3 Å². The molecule has 0 bridgehead atoms. The molecule has 1 fully saturated rings. The van der Waals surface area contributed by atoms with Crippen molar-refractivity contribution in [3.05, 3.63) is 29.6 Å². The van der Waals surface area contributed by atoms with E-state index in [1.807, 2.05) is 7.05 Å². The van der Waals surface area contributed by atoms with Crippen molar-refractivity contribution >= 4 is 10.0 Å². The second kappa shape index (κ2) is 6.39. The van der Waals surface area contributed by atoms with Gasteiger partial charge in [-0.25, -0.2) is 12.8 Å². The van der Waals surface area contributed by atoms with E-state index in [4.69, 9.17) is 5.73 Å². The first-order valence-corrected chi connectivity index (χ1v) is 8.45. The van der Waals surface area contributed by atoms with E-state index in [0.29, 0.717) is 0 Å². The highest BCUT2D eigenvalue weighted by atomic mass is 32.2. The van der Waals surface area contributed by atoms with Gasteiger partial charge in [0.2, 0.25) is 10.0 Å². The molecule has 21 heavy (non-hydrogen) atoms. The zero-order valence-electron chi connectivity index (χ0n) is 12.4. The number of benzene rings is 1. The maximum absolute atomic E-state index is 13.5. The summed E-state index contributed by atoms with van der Waals surface area (Å²) in [6, 6.07) is 3.78. The molecule has 0 aromatic heterocycles. The van der Waals surface area contributed by atoms with Gasteiger partial charge >= 0.3 is 0 Å². The van der Waals surface area contributed by atoms with Gasteiger partial charge in [-0.1, -0.05) is 0 Å². The summed E-state index contributed by atoms with van der Waals surface area (Å²) in [5.41, 5.74) is 5.66. The lowest BCUT2D eigenvalue weighted by Crippen LogP contribution is -2.44. The van der Waals surface area contributed by atoms with Gasteiger partial charge in [-0.2, -0.15) is 4.31 Å². The number of hydrogen-bond acceptors (Lipinski definition) is 4. The van der Waals surface area contributed by atoms with E-state index in [1.54, 1.807) is 7.05 Å². The van der Waals surface area contributed by atoms with Crippen LogP contribution in [0, 0.1) is 5.82 Å². The predicted octanol–water partition coefficient (Wildman–Crippen LogP) is 0.999. The summed E-state index contributed by atoms with van der Waals surface area (Å²) in [6.45, 7) is 1.73. The van der Waals surface area contributed by atoms with Crippen LogP contribution in [0.1, 0.15) is 18.4 Å². The van der Waals surface area contributed by atoms with Crippen LogP contribution in [0.4, 0.5) is 4.39 Å². The van der Waals surface area contributed by atoms with Crippen LogP contribution in [0.15, 0.2) is 23.1 Å². The zero-order valence-corrected chi connectivity index (χ0v) is 13.2. The molecule has 7 heteroatoms. The van der Waals surface area contributed by atoms with Crippen molar-refractivity contribution in [2.24, 2.45) is 5.73 Å². The minimum absolute atomic E-state index is 0.0161. The first-order valence-electron chi connectivity index (χ1n) is 7.01. The molecule has 1 aliphatic heterocycles. The molecule has 1 aliphatic rings. The Morgan fingerprint density at radius 2 is 2.00 bits per heavy atom. The van der Waals surface area contributed by atoms with Gasteiger partial charge in [0.25, 0.3) is 0 Å². The molecule has 0 unspecified atom stereocenters. The van der Waals surface area contributed by atoms with Crippen LogP contribution in [0.5, 0.6) is 0 Å². The lowest BCUT2D eigenvalue weighted by Gasteiger charge is -2.34. The Balaban J connectivity index is 2.24. The Morgan fingerprint density at radius 3 is 2.57 bits per heavy atom. The molecule has 1 heterocycles. The largest absolute Gasteiger partial charge is 0.326 e. The molecule has 1 aromatic carbocycles. The first-order chi connectivity index (χ1) is 9.86. The van der Waals surface area contributed by atoms with Gasteiger partial charge in [0, 0.05) is 25.2 Å². The molecule has 0 aliphatic carbocycles. The standard InChI is InChI=1S/C14H22FN3O2S/c1-17-7-5-12(6-8-17)18(2)21(19,20)13-3-4-14(15)11(9-13)10-16/h3-4,9,12H,5-8,10,16H2,1-2H3. The molecule has 0 amide bonds. The van der Waals surface area contributed by atoms with Gasteiger partial charge < -0.3 is 10.6 Å². The van der Waals surface area contributed by atoms with Crippen molar-refractivity contribution < 1.29 is 12.8 Å². The molecule has 0 radical (unpaired) electrons. The SMILES string of the molecule is CN1CCC(N(C)S(=O)(=O)c2ccc(F)c(CN)c2)CC1. The second-order valence-electron chi connectivity index (χ2n) is 5.51. The summed E-state index contributed by atoms with van der Waals surface area (Å²) in [5, 5.41) is 0. The third-order valence-corrected chi connectivity index (χ3v) is 6.02. The smallest absolute Gasteiger partial charge is 0.243 e. The van der Waals surface area contributed by atoms with Crippen LogP contribution >= 0.6 is 0 Å². The number of nitrogens with zero attached hydrogens (tertiary/aromatic N) is 2. The van der Waals surface area contributed by atoms with E-state index in [-0.39, 0.29) is 23.0 Å². The summed E-state index contributed by atoms with van der Waals surface area (Å²) >= 11 is 0. The number of likely N-dealkylation sites (tertiary alicyclic amines) is 1. The molecule has 0 atom stereocenters. The maximum Gasteiger partial charge on any atom is 0.243 e. The molecule has 2 rings (SSSR count). The second-order valence-corrected chi connectivity index (χ2v) is 7.51. The van der Waals surface area contributed by atoms with Crippen molar-refractivity contribution in [3.8, 4) is 0 Å². The Morgan fingerprint density at radius 1 is 1.38 bits per heavy atom. The molecule has 1 aromatic rings. The van der Waals surface area contributed by atoms with Gasteiger partial charge in [0.1, 0.15) is 5.82 Å². The molecule has 1 saturated heterocycles. The number of hydrogen-bond donors (Lipinski definition) is 1. The third-order valence-electron chi connectivity index (χ3n) is 4.12. The van der Waals surface area contributed by atoms with E-state index < -0.39 is 15.8 Å². The maximum atomic E-state index is 13.5. The summed E-state index contributed by atoms with van der Waals surface area (Å²) < 4.78 is 40.2. The number of rotatable bonds is 4. The molecule has 5 nitrogen and oxygen atoms in total. The van der Waals surface area contributed by atoms with E-state index in [0.717, 1.165) is 32.0 Å². The minimum atomic E-state index is -3.61. The number of nitrogens with two attached hydrogens (primary N) is 1. The van der Waals surface area contributed by atoms with Crippen molar-refractivity contribution in [1.82, 2.24) is 9.21 Å². The first kappa shape index (κ1) is 16.4. The van der Waals surface area contributed by atoms with Crippen LogP contribution in [0.3, 0.4) is 0 Å². The highest BCUT2D eigenvalue weighted by Gasteiger charge is 2.30. The van der Waals surface area contributed by atoms with E-state index in [9.17, 15) is 12.8 Å². The Hall–Kier alpha value is -1.02. The lowest BCUT2D eigenvalue weighted by molar-refractivity contribution is 0.197. The Labute approximate surface area is 125 Å². The number of halogens is 1. The van der Waals surface area contributed by atoms with Crippen LogP contribution < -0.4 is 5.73 Å².